The average molecular weight is 237 g/mol. The van der Waals surface area contributed by atoms with Crippen molar-refractivity contribution in [3.05, 3.63) is 35.9 Å². The molecule has 0 heterocycles. The number of Topliss-reactive ketones (excluding diaryl/α,β-unsaturated/α-hetero) is 1. The van der Waals surface area contributed by atoms with Crippen LogP contribution in [-0.4, -0.2) is 29.3 Å². The Hall–Kier alpha value is -1.68. The first-order valence-corrected chi connectivity index (χ1v) is 5.49. The van der Waals surface area contributed by atoms with Crippen molar-refractivity contribution in [3.63, 3.8) is 0 Å². The summed E-state index contributed by atoms with van der Waals surface area (Å²) in [4.78, 5) is 20.8. The Morgan fingerprint density at radius 3 is 2.53 bits per heavy atom. The van der Waals surface area contributed by atoms with Crippen molar-refractivity contribution in [2.45, 2.75) is 26.6 Å². The SMILES string of the molecule is CCOC(=[OH+])C(OCc1ccccc1)C(C)=O. The highest BCUT2D eigenvalue weighted by Crippen LogP contribution is 2.05. The number of benzene rings is 1. The largest absolute Gasteiger partial charge is 0.520 e. The third-order valence-corrected chi connectivity index (χ3v) is 2.15. The van der Waals surface area contributed by atoms with Crippen LogP contribution in [0, 0.1) is 0 Å². The van der Waals surface area contributed by atoms with Crippen molar-refractivity contribution in [2.24, 2.45) is 0 Å². The average Bonchev–Trinajstić information content (AvgIpc) is 2.30. The van der Waals surface area contributed by atoms with Crippen LogP contribution in [0.3, 0.4) is 0 Å². The van der Waals surface area contributed by atoms with E-state index >= 15 is 0 Å². The quantitative estimate of drug-likeness (QED) is 0.430. The minimum atomic E-state index is -1.02. The van der Waals surface area contributed by atoms with Crippen LogP contribution in [-0.2, 0) is 20.9 Å². The maximum Gasteiger partial charge on any atom is 0.520 e. The van der Waals surface area contributed by atoms with Gasteiger partial charge in [0.25, 0.3) is 6.10 Å². The number of ketones is 1. The van der Waals surface area contributed by atoms with Gasteiger partial charge in [0.15, 0.2) is 12.4 Å². The van der Waals surface area contributed by atoms with Crippen molar-refractivity contribution in [1.29, 1.82) is 0 Å². The smallest absolute Gasteiger partial charge is 0.350 e. The van der Waals surface area contributed by atoms with Gasteiger partial charge in [-0.15, -0.1) is 0 Å². The Morgan fingerprint density at radius 2 is 2.00 bits per heavy atom. The molecule has 1 aromatic carbocycles. The predicted octanol–water partition coefficient (Wildman–Crippen LogP) is 1.70. The number of hydrogen-bond acceptors (Lipinski definition) is 3. The standard InChI is InChI=1S/C13H16O4/c1-3-16-13(15)12(10(2)14)17-9-11-7-5-4-6-8-11/h4-8,12H,3,9H2,1-2H3/p+1. The lowest BCUT2D eigenvalue weighted by atomic mass is 10.2. The van der Waals surface area contributed by atoms with E-state index in [0.29, 0.717) is 6.61 Å². The number of hydrogen-bond donors (Lipinski definition) is 0. The van der Waals surface area contributed by atoms with E-state index in [4.69, 9.17) is 9.47 Å². The molecule has 4 heteroatoms. The second-order valence-corrected chi connectivity index (χ2v) is 3.56. The van der Waals surface area contributed by atoms with Gasteiger partial charge in [0.1, 0.15) is 0 Å². The summed E-state index contributed by atoms with van der Waals surface area (Å²) in [5.41, 5.74) is 0.933. The Labute approximate surface area is 101 Å². The number of ether oxygens (including phenoxy) is 2. The molecule has 0 spiro atoms. The molecule has 1 rings (SSSR count). The number of rotatable bonds is 6. The zero-order chi connectivity index (χ0) is 12.7. The van der Waals surface area contributed by atoms with Crippen LogP contribution in [0.2, 0.25) is 0 Å². The van der Waals surface area contributed by atoms with Crippen LogP contribution < -0.4 is 0 Å². The van der Waals surface area contributed by atoms with Gasteiger partial charge in [-0.3, -0.25) is 4.79 Å². The zero-order valence-electron chi connectivity index (χ0n) is 10.1. The molecule has 0 aliphatic carbocycles. The van der Waals surface area contributed by atoms with Gasteiger partial charge in [0.05, 0.1) is 6.61 Å². The molecule has 4 nitrogen and oxygen atoms in total. The Kier molecular flexibility index (Phi) is 5.36. The van der Waals surface area contributed by atoms with Crippen molar-refractivity contribution in [3.8, 4) is 0 Å². The summed E-state index contributed by atoms with van der Waals surface area (Å²) in [5, 5.41) is 0. The summed E-state index contributed by atoms with van der Waals surface area (Å²) in [5.74, 6) is -0.664. The normalized spacial score (nSPS) is 11.9. The van der Waals surface area contributed by atoms with Crippen LogP contribution in [0.15, 0.2) is 30.3 Å². The molecular formula is C13H17O4+. The van der Waals surface area contributed by atoms with Crippen molar-refractivity contribution in [2.75, 3.05) is 6.61 Å². The molecule has 1 atom stereocenters. The van der Waals surface area contributed by atoms with Gasteiger partial charge in [-0.25, -0.2) is 0 Å². The molecule has 0 fully saturated rings. The second-order valence-electron chi connectivity index (χ2n) is 3.56. The van der Waals surface area contributed by atoms with Crippen LogP contribution >= 0.6 is 0 Å². The van der Waals surface area contributed by atoms with Crippen molar-refractivity contribution < 1.29 is 19.1 Å². The molecule has 0 aromatic heterocycles. The Bertz CT molecular complexity index is 372. The van der Waals surface area contributed by atoms with E-state index in [1.54, 1.807) is 6.92 Å². The van der Waals surface area contributed by atoms with Crippen molar-refractivity contribution in [1.82, 2.24) is 0 Å². The number of carbonyl (C=O) groups is 1. The fraction of sp³-hybridized carbons (Fsp3) is 0.385. The van der Waals surface area contributed by atoms with Gasteiger partial charge in [0.2, 0.25) is 0 Å². The molecule has 92 valence electrons. The third-order valence-electron chi connectivity index (χ3n) is 2.15. The molecule has 0 aliphatic heterocycles. The molecule has 1 unspecified atom stereocenters. The first-order valence-electron chi connectivity index (χ1n) is 5.49. The topological polar surface area (TPSA) is 56.9 Å². The molecule has 1 aromatic rings. The van der Waals surface area contributed by atoms with Gasteiger partial charge >= 0.3 is 5.97 Å². The summed E-state index contributed by atoms with van der Waals surface area (Å²) >= 11 is 0. The molecule has 0 saturated carbocycles. The highest BCUT2D eigenvalue weighted by atomic mass is 16.6. The molecule has 0 bridgehead atoms. The van der Waals surface area contributed by atoms with Gasteiger partial charge in [-0.05, 0) is 19.4 Å². The zero-order valence-corrected chi connectivity index (χ0v) is 10.1. The van der Waals surface area contributed by atoms with Gasteiger partial charge in [0, 0.05) is 0 Å². The maximum atomic E-state index is 11.3. The number of esters is 1. The van der Waals surface area contributed by atoms with E-state index in [1.165, 1.54) is 6.92 Å². The van der Waals surface area contributed by atoms with Gasteiger partial charge in [-0.1, -0.05) is 30.3 Å². The fourth-order valence-corrected chi connectivity index (χ4v) is 1.34. The predicted molar refractivity (Wildman–Crippen MR) is 64.3 cm³/mol. The molecule has 0 aliphatic rings. The Morgan fingerprint density at radius 1 is 1.35 bits per heavy atom. The maximum absolute atomic E-state index is 11.3. The summed E-state index contributed by atoms with van der Waals surface area (Å²) in [7, 11) is 0. The second kappa shape index (κ2) is 6.81. The first-order chi connectivity index (χ1) is 8.15. The minimum Gasteiger partial charge on any atom is -0.350 e. The molecule has 0 amide bonds. The van der Waals surface area contributed by atoms with Crippen LogP contribution in [0.25, 0.3) is 0 Å². The molecule has 0 saturated heterocycles. The lowest BCUT2D eigenvalue weighted by molar-refractivity contribution is -0.126. The Balaban J connectivity index is 2.56. The van der Waals surface area contributed by atoms with E-state index in [0.717, 1.165) is 5.56 Å². The summed E-state index contributed by atoms with van der Waals surface area (Å²) in [6.07, 6.45) is -1.02. The first kappa shape index (κ1) is 13.4. The van der Waals surface area contributed by atoms with E-state index in [-0.39, 0.29) is 18.4 Å². The van der Waals surface area contributed by atoms with Gasteiger partial charge < -0.3 is 14.3 Å². The lowest BCUT2D eigenvalue weighted by Crippen LogP contribution is -2.33. The van der Waals surface area contributed by atoms with E-state index < -0.39 is 6.10 Å². The van der Waals surface area contributed by atoms with Crippen LogP contribution in [0.5, 0.6) is 0 Å². The summed E-state index contributed by atoms with van der Waals surface area (Å²) in [6.45, 7) is 3.63. The molecule has 0 radical (unpaired) electrons. The minimum absolute atomic E-state index is 0.252. The monoisotopic (exact) mass is 237 g/mol. The molecular weight excluding hydrogens is 220 g/mol. The fourth-order valence-electron chi connectivity index (χ4n) is 1.34. The highest BCUT2D eigenvalue weighted by molar-refractivity contribution is 6.01. The van der Waals surface area contributed by atoms with E-state index in [1.807, 2.05) is 30.3 Å². The molecule has 1 N–H and O–H groups in total. The summed E-state index contributed by atoms with van der Waals surface area (Å²) in [6, 6.07) is 9.43. The number of carbonyl (C=O) groups excluding carboxylic acids is 2. The summed E-state index contributed by atoms with van der Waals surface area (Å²) < 4.78 is 10.2. The molecule has 17 heavy (non-hydrogen) atoms. The lowest BCUT2D eigenvalue weighted by Gasteiger charge is -2.08. The van der Waals surface area contributed by atoms with E-state index in [9.17, 15) is 9.59 Å². The van der Waals surface area contributed by atoms with Crippen LogP contribution in [0.1, 0.15) is 19.4 Å². The highest BCUT2D eigenvalue weighted by Gasteiger charge is 2.32. The van der Waals surface area contributed by atoms with E-state index in [2.05, 4.69) is 0 Å². The van der Waals surface area contributed by atoms with Crippen LogP contribution in [0.4, 0.5) is 0 Å². The third kappa shape index (κ3) is 4.36. The van der Waals surface area contributed by atoms with Gasteiger partial charge in [-0.2, -0.15) is 0 Å². The van der Waals surface area contributed by atoms with Crippen molar-refractivity contribution >= 4 is 11.8 Å².